The van der Waals surface area contributed by atoms with Crippen LogP contribution in [0, 0.1) is 0 Å². The summed E-state index contributed by atoms with van der Waals surface area (Å²) in [5, 5.41) is 9.36. The van der Waals surface area contributed by atoms with Gasteiger partial charge in [-0.1, -0.05) is 78.9 Å². The van der Waals surface area contributed by atoms with Crippen molar-refractivity contribution in [3.05, 3.63) is 119 Å². The number of ether oxygens (including phenoxy) is 1. The van der Waals surface area contributed by atoms with Crippen molar-refractivity contribution in [2.24, 2.45) is 0 Å². The minimum Gasteiger partial charge on any atom is -0.481 e. The Morgan fingerprint density at radius 2 is 1.45 bits per heavy atom. The Balaban J connectivity index is 1.78. The number of nitrogens with zero attached hydrogens (tertiary/aromatic N) is 1. The maximum atomic E-state index is 13.8. The summed E-state index contributed by atoms with van der Waals surface area (Å²) in [5.74, 6) is -1.02. The van der Waals surface area contributed by atoms with Gasteiger partial charge < -0.3 is 14.7 Å². The number of amides is 1. The lowest BCUT2D eigenvalue weighted by molar-refractivity contribution is -0.138. The molecule has 4 aromatic carbocycles. The van der Waals surface area contributed by atoms with Crippen molar-refractivity contribution >= 4 is 12.1 Å². The SMILES string of the molecule is CCN(Cc1cc(C(F)(F)F)ccc1-c1cc(CC(=O)O)ccc1-c1ccccc1)C(=O)OCc1ccccc1. The maximum Gasteiger partial charge on any atom is 0.416 e. The zero-order valence-corrected chi connectivity index (χ0v) is 21.8. The third kappa shape index (κ3) is 7.08. The molecule has 40 heavy (non-hydrogen) atoms. The van der Waals surface area contributed by atoms with Crippen LogP contribution in [0.25, 0.3) is 22.3 Å². The molecule has 0 aliphatic rings. The van der Waals surface area contributed by atoms with Crippen LogP contribution in [0.3, 0.4) is 0 Å². The van der Waals surface area contributed by atoms with Crippen LogP contribution < -0.4 is 0 Å². The second-order valence-electron chi connectivity index (χ2n) is 9.24. The molecule has 8 heteroatoms. The lowest BCUT2D eigenvalue weighted by Crippen LogP contribution is -2.31. The van der Waals surface area contributed by atoms with Gasteiger partial charge in [0.25, 0.3) is 0 Å². The number of carbonyl (C=O) groups is 2. The fourth-order valence-electron chi connectivity index (χ4n) is 4.45. The number of carboxylic acid groups (broad SMARTS) is 1. The number of benzene rings is 4. The quantitative estimate of drug-likeness (QED) is 0.232. The number of hydrogen-bond acceptors (Lipinski definition) is 3. The van der Waals surface area contributed by atoms with E-state index in [1.807, 2.05) is 60.7 Å². The Bertz CT molecular complexity index is 1470. The number of carbonyl (C=O) groups excluding carboxylic acids is 1. The van der Waals surface area contributed by atoms with E-state index in [2.05, 4.69) is 0 Å². The van der Waals surface area contributed by atoms with E-state index in [0.717, 1.165) is 28.8 Å². The van der Waals surface area contributed by atoms with Crippen LogP contribution in [0.5, 0.6) is 0 Å². The van der Waals surface area contributed by atoms with Crippen LogP contribution in [0.1, 0.15) is 29.2 Å². The van der Waals surface area contributed by atoms with Crippen molar-refractivity contribution in [2.45, 2.75) is 32.7 Å². The fourth-order valence-corrected chi connectivity index (χ4v) is 4.45. The van der Waals surface area contributed by atoms with Gasteiger partial charge in [-0.05, 0) is 64.1 Å². The Labute approximate surface area is 230 Å². The van der Waals surface area contributed by atoms with Gasteiger partial charge in [0, 0.05) is 13.1 Å². The van der Waals surface area contributed by atoms with E-state index in [4.69, 9.17) is 4.74 Å². The molecule has 4 aromatic rings. The van der Waals surface area contributed by atoms with Crippen molar-refractivity contribution in [1.82, 2.24) is 4.90 Å². The minimum absolute atomic E-state index is 0.0288. The summed E-state index contributed by atoms with van der Waals surface area (Å²) in [5.41, 5.74) is 3.29. The largest absolute Gasteiger partial charge is 0.481 e. The number of alkyl halides is 3. The Morgan fingerprint density at radius 1 is 0.800 bits per heavy atom. The van der Waals surface area contributed by atoms with Gasteiger partial charge in [0.1, 0.15) is 6.61 Å². The first kappa shape index (κ1) is 28.4. The molecule has 0 saturated carbocycles. The smallest absolute Gasteiger partial charge is 0.416 e. The number of carboxylic acids is 1. The molecular formula is C32H28F3NO4. The predicted molar refractivity (Wildman–Crippen MR) is 146 cm³/mol. The van der Waals surface area contributed by atoms with Crippen molar-refractivity contribution in [3.63, 3.8) is 0 Å². The Hall–Kier alpha value is -4.59. The molecule has 0 heterocycles. The summed E-state index contributed by atoms with van der Waals surface area (Å²) in [6.07, 6.45) is -5.49. The zero-order chi connectivity index (χ0) is 28.7. The molecule has 5 nitrogen and oxygen atoms in total. The topological polar surface area (TPSA) is 66.8 Å². The van der Waals surface area contributed by atoms with Crippen LogP contribution in [-0.2, 0) is 35.3 Å². The van der Waals surface area contributed by atoms with Gasteiger partial charge in [0.05, 0.1) is 12.0 Å². The van der Waals surface area contributed by atoms with E-state index < -0.39 is 23.8 Å². The average molecular weight is 548 g/mol. The molecule has 4 rings (SSSR count). The molecule has 1 amide bonds. The first-order valence-corrected chi connectivity index (χ1v) is 12.7. The molecule has 0 unspecified atom stereocenters. The van der Waals surface area contributed by atoms with E-state index in [1.54, 1.807) is 25.1 Å². The maximum absolute atomic E-state index is 13.8. The molecule has 0 aliphatic carbocycles. The summed E-state index contributed by atoms with van der Waals surface area (Å²) in [6, 6.07) is 27.0. The molecule has 0 radical (unpaired) electrons. The second kappa shape index (κ2) is 12.5. The van der Waals surface area contributed by atoms with E-state index in [9.17, 15) is 27.9 Å². The lowest BCUT2D eigenvalue weighted by Gasteiger charge is -2.24. The normalized spacial score (nSPS) is 11.2. The molecule has 0 saturated heterocycles. The molecule has 206 valence electrons. The van der Waals surface area contributed by atoms with Crippen LogP contribution in [0.2, 0.25) is 0 Å². The van der Waals surface area contributed by atoms with E-state index in [0.29, 0.717) is 16.7 Å². The number of rotatable bonds is 9. The van der Waals surface area contributed by atoms with E-state index >= 15 is 0 Å². The van der Waals surface area contributed by atoms with Crippen LogP contribution in [0.4, 0.5) is 18.0 Å². The van der Waals surface area contributed by atoms with Gasteiger partial charge in [-0.3, -0.25) is 4.79 Å². The van der Waals surface area contributed by atoms with Crippen molar-refractivity contribution in [2.75, 3.05) is 6.54 Å². The molecule has 1 N–H and O–H groups in total. The standard InChI is InChI=1S/C32H28F3NO4/c1-2-36(31(39)40-21-22-9-5-3-6-10-22)20-25-19-26(32(33,34)35)14-16-28(25)29-17-23(18-30(37)38)13-15-27(29)24-11-7-4-8-12-24/h3-17,19H,2,18,20-21H2,1H3,(H,37,38). The van der Waals surface area contributed by atoms with Gasteiger partial charge in [-0.15, -0.1) is 0 Å². The second-order valence-corrected chi connectivity index (χ2v) is 9.24. The van der Waals surface area contributed by atoms with Gasteiger partial charge in [-0.2, -0.15) is 13.2 Å². The van der Waals surface area contributed by atoms with E-state index in [-0.39, 0.29) is 31.7 Å². The molecule has 0 aromatic heterocycles. The number of halogens is 3. The number of hydrogen-bond donors (Lipinski definition) is 1. The minimum atomic E-state index is -4.59. The van der Waals surface area contributed by atoms with Crippen molar-refractivity contribution in [1.29, 1.82) is 0 Å². The van der Waals surface area contributed by atoms with Gasteiger partial charge in [-0.25, -0.2) is 4.79 Å². The number of aliphatic carboxylic acids is 1. The first-order chi connectivity index (χ1) is 19.2. The molecule has 0 aliphatic heterocycles. The molecule has 0 spiro atoms. The Morgan fingerprint density at radius 3 is 2.08 bits per heavy atom. The predicted octanol–water partition coefficient (Wildman–Crippen LogP) is 7.83. The lowest BCUT2D eigenvalue weighted by atomic mass is 9.89. The van der Waals surface area contributed by atoms with Crippen molar-refractivity contribution in [3.8, 4) is 22.3 Å². The van der Waals surface area contributed by atoms with Crippen LogP contribution >= 0.6 is 0 Å². The van der Waals surface area contributed by atoms with Crippen LogP contribution in [0.15, 0.2) is 97.1 Å². The summed E-state index contributed by atoms with van der Waals surface area (Å²) in [6.45, 7) is 1.82. The zero-order valence-electron chi connectivity index (χ0n) is 21.8. The molecule has 0 bridgehead atoms. The summed E-state index contributed by atoms with van der Waals surface area (Å²) in [4.78, 5) is 25.7. The first-order valence-electron chi connectivity index (χ1n) is 12.7. The highest BCUT2D eigenvalue weighted by Crippen LogP contribution is 2.38. The van der Waals surface area contributed by atoms with Crippen molar-refractivity contribution < 1.29 is 32.6 Å². The summed E-state index contributed by atoms with van der Waals surface area (Å²) in [7, 11) is 0. The van der Waals surface area contributed by atoms with E-state index in [1.165, 1.54) is 11.0 Å². The molecule has 0 atom stereocenters. The monoisotopic (exact) mass is 547 g/mol. The molecule has 0 fully saturated rings. The molecular weight excluding hydrogens is 519 g/mol. The highest BCUT2D eigenvalue weighted by atomic mass is 19.4. The summed E-state index contributed by atoms with van der Waals surface area (Å²) < 4.78 is 46.8. The average Bonchev–Trinajstić information content (AvgIpc) is 2.94. The highest BCUT2D eigenvalue weighted by molar-refractivity contribution is 5.86. The van der Waals surface area contributed by atoms with Gasteiger partial charge in [0.2, 0.25) is 0 Å². The fraction of sp³-hybridized carbons (Fsp3) is 0.188. The Kier molecular flexibility index (Phi) is 8.89. The highest BCUT2D eigenvalue weighted by Gasteiger charge is 2.32. The van der Waals surface area contributed by atoms with Crippen LogP contribution in [-0.4, -0.2) is 28.6 Å². The summed E-state index contributed by atoms with van der Waals surface area (Å²) >= 11 is 0. The van der Waals surface area contributed by atoms with Gasteiger partial charge >= 0.3 is 18.2 Å². The van der Waals surface area contributed by atoms with Gasteiger partial charge in [0.15, 0.2) is 0 Å². The third-order valence-electron chi connectivity index (χ3n) is 6.45. The third-order valence-corrected chi connectivity index (χ3v) is 6.45.